The third-order valence-corrected chi connectivity index (χ3v) is 4.34. The minimum Gasteiger partial charge on any atom is -0.340 e. The molecule has 0 aliphatic heterocycles. The maximum atomic E-state index is 12.8. The molecule has 0 bridgehead atoms. The van der Waals surface area contributed by atoms with Crippen molar-refractivity contribution in [3.05, 3.63) is 64.7 Å². The van der Waals surface area contributed by atoms with Gasteiger partial charge in [0, 0.05) is 16.3 Å². The summed E-state index contributed by atoms with van der Waals surface area (Å²) >= 11 is 5.86. The Labute approximate surface area is 159 Å². The van der Waals surface area contributed by atoms with Crippen LogP contribution in [0.15, 0.2) is 48.5 Å². The number of amides is 2. The van der Waals surface area contributed by atoms with Gasteiger partial charge in [-0.1, -0.05) is 50.6 Å². The molecule has 0 aromatic heterocycles. The van der Waals surface area contributed by atoms with E-state index in [9.17, 15) is 9.59 Å². The highest BCUT2D eigenvalue weighted by molar-refractivity contribution is 6.30. The minimum atomic E-state index is -0.608. The highest BCUT2D eigenvalue weighted by Crippen LogP contribution is 2.17. The second kappa shape index (κ2) is 9.39. The smallest absolute Gasteiger partial charge is 0.251 e. The van der Waals surface area contributed by atoms with Gasteiger partial charge < -0.3 is 10.6 Å². The van der Waals surface area contributed by atoms with Crippen molar-refractivity contribution in [1.29, 1.82) is 0 Å². The van der Waals surface area contributed by atoms with Crippen LogP contribution >= 0.6 is 11.6 Å². The van der Waals surface area contributed by atoms with Gasteiger partial charge in [0.1, 0.15) is 6.04 Å². The molecule has 2 amide bonds. The second-order valence-corrected chi connectivity index (χ2v) is 7.10. The normalized spacial score (nSPS) is 11.9. The Balaban J connectivity index is 2.14. The van der Waals surface area contributed by atoms with E-state index < -0.39 is 6.04 Å². The fraction of sp³-hybridized carbons (Fsp3) is 0.333. The van der Waals surface area contributed by atoms with Crippen LogP contribution in [0.4, 0.5) is 5.69 Å². The molecule has 0 saturated heterocycles. The number of nitrogens with one attached hydrogen (secondary N) is 2. The van der Waals surface area contributed by atoms with Gasteiger partial charge >= 0.3 is 0 Å². The van der Waals surface area contributed by atoms with Crippen LogP contribution in [0.5, 0.6) is 0 Å². The van der Waals surface area contributed by atoms with Crippen LogP contribution in [0.25, 0.3) is 0 Å². The number of aryl methyl sites for hydroxylation is 1. The molecule has 0 radical (unpaired) electrons. The average molecular weight is 373 g/mol. The molecule has 5 heteroatoms. The number of hydrogen-bond donors (Lipinski definition) is 2. The summed E-state index contributed by atoms with van der Waals surface area (Å²) in [7, 11) is 0. The van der Waals surface area contributed by atoms with Crippen molar-refractivity contribution in [3.63, 3.8) is 0 Å². The lowest BCUT2D eigenvalue weighted by Crippen LogP contribution is -2.44. The molecule has 4 nitrogen and oxygen atoms in total. The van der Waals surface area contributed by atoms with E-state index in [0.29, 0.717) is 17.0 Å². The average Bonchev–Trinajstić information content (AvgIpc) is 2.61. The Morgan fingerprint density at radius 1 is 1.04 bits per heavy atom. The lowest BCUT2D eigenvalue weighted by Gasteiger charge is -2.21. The van der Waals surface area contributed by atoms with Gasteiger partial charge in [-0.3, -0.25) is 9.59 Å². The number of anilines is 1. The van der Waals surface area contributed by atoms with Crippen LogP contribution in [-0.2, 0) is 11.2 Å². The summed E-state index contributed by atoms with van der Waals surface area (Å²) < 4.78 is 0. The predicted molar refractivity (Wildman–Crippen MR) is 107 cm³/mol. The maximum absolute atomic E-state index is 12.8. The van der Waals surface area contributed by atoms with Gasteiger partial charge in [-0.05, 0) is 54.7 Å². The Bertz CT molecular complexity index is 757. The Morgan fingerprint density at radius 3 is 2.31 bits per heavy atom. The summed E-state index contributed by atoms with van der Waals surface area (Å²) in [5, 5.41) is 6.37. The topological polar surface area (TPSA) is 58.2 Å². The molecule has 0 unspecified atom stereocenters. The third-order valence-electron chi connectivity index (χ3n) is 4.09. The predicted octanol–water partition coefficient (Wildman–Crippen LogP) is 4.69. The van der Waals surface area contributed by atoms with Gasteiger partial charge in [0.2, 0.25) is 5.91 Å². The van der Waals surface area contributed by atoms with Crippen molar-refractivity contribution in [2.75, 3.05) is 5.32 Å². The SMILES string of the molecule is CCc1ccccc1NC(=O)[C@H](CC(C)C)NC(=O)c1ccc(Cl)cc1. The number of carbonyl (C=O) groups excluding carboxylic acids is 2. The van der Waals surface area contributed by atoms with E-state index in [1.807, 2.05) is 45.0 Å². The molecule has 138 valence electrons. The molecule has 0 heterocycles. The molecule has 0 spiro atoms. The highest BCUT2D eigenvalue weighted by Gasteiger charge is 2.23. The third kappa shape index (κ3) is 5.60. The van der Waals surface area contributed by atoms with Crippen molar-refractivity contribution in [2.45, 2.75) is 39.7 Å². The minimum absolute atomic E-state index is 0.207. The van der Waals surface area contributed by atoms with Gasteiger partial charge in [0.25, 0.3) is 5.91 Å². The summed E-state index contributed by atoms with van der Waals surface area (Å²) in [5.74, 6) is -0.231. The molecule has 0 fully saturated rings. The first-order valence-electron chi connectivity index (χ1n) is 8.86. The van der Waals surface area contributed by atoms with E-state index in [2.05, 4.69) is 10.6 Å². The second-order valence-electron chi connectivity index (χ2n) is 6.66. The van der Waals surface area contributed by atoms with E-state index >= 15 is 0 Å². The standard InChI is InChI=1S/C21H25ClN2O2/c1-4-15-7-5-6-8-18(15)23-21(26)19(13-14(2)3)24-20(25)16-9-11-17(22)12-10-16/h5-12,14,19H,4,13H2,1-3H3,(H,23,26)(H,24,25)/t19-/m0/s1. The van der Waals surface area contributed by atoms with E-state index in [1.165, 1.54) is 0 Å². The molecule has 2 N–H and O–H groups in total. The van der Waals surface area contributed by atoms with E-state index in [4.69, 9.17) is 11.6 Å². The molecule has 2 aromatic rings. The van der Waals surface area contributed by atoms with Crippen LogP contribution < -0.4 is 10.6 Å². The Morgan fingerprint density at radius 2 is 1.69 bits per heavy atom. The number of hydrogen-bond acceptors (Lipinski definition) is 2. The van der Waals surface area contributed by atoms with Crippen LogP contribution in [0, 0.1) is 5.92 Å². The van der Waals surface area contributed by atoms with Gasteiger partial charge in [-0.15, -0.1) is 0 Å². The van der Waals surface area contributed by atoms with Gasteiger partial charge in [-0.2, -0.15) is 0 Å². The molecule has 0 saturated carbocycles. The van der Waals surface area contributed by atoms with Crippen molar-refractivity contribution < 1.29 is 9.59 Å². The molecule has 2 rings (SSSR count). The lowest BCUT2D eigenvalue weighted by atomic mass is 10.0. The number of rotatable bonds is 7. The van der Waals surface area contributed by atoms with Gasteiger partial charge in [0.05, 0.1) is 0 Å². The zero-order valence-electron chi connectivity index (χ0n) is 15.4. The van der Waals surface area contributed by atoms with Crippen LogP contribution in [0.2, 0.25) is 5.02 Å². The largest absolute Gasteiger partial charge is 0.340 e. The van der Waals surface area contributed by atoms with Crippen LogP contribution in [-0.4, -0.2) is 17.9 Å². The van der Waals surface area contributed by atoms with Crippen molar-refractivity contribution in [1.82, 2.24) is 5.32 Å². The molecule has 1 atom stereocenters. The Hall–Kier alpha value is -2.33. The van der Waals surface area contributed by atoms with E-state index in [-0.39, 0.29) is 17.7 Å². The molecule has 0 aliphatic rings. The molecule has 26 heavy (non-hydrogen) atoms. The highest BCUT2D eigenvalue weighted by atomic mass is 35.5. The molecule has 0 aliphatic carbocycles. The van der Waals surface area contributed by atoms with Crippen molar-refractivity contribution >= 4 is 29.1 Å². The molecular weight excluding hydrogens is 348 g/mol. The van der Waals surface area contributed by atoms with E-state index in [0.717, 1.165) is 17.7 Å². The van der Waals surface area contributed by atoms with Crippen LogP contribution in [0.3, 0.4) is 0 Å². The summed E-state index contributed by atoms with van der Waals surface area (Å²) in [4.78, 5) is 25.3. The first-order valence-corrected chi connectivity index (χ1v) is 9.23. The van der Waals surface area contributed by atoms with Crippen molar-refractivity contribution in [2.24, 2.45) is 5.92 Å². The zero-order valence-corrected chi connectivity index (χ0v) is 16.1. The van der Waals surface area contributed by atoms with Gasteiger partial charge in [0.15, 0.2) is 0 Å². The summed E-state index contributed by atoms with van der Waals surface area (Å²) in [6, 6.07) is 13.7. The number of halogens is 1. The van der Waals surface area contributed by atoms with Crippen LogP contribution in [0.1, 0.15) is 43.1 Å². The lowest BCUT2D eigenvalue weighted by molar-refractivity contribution is -0.118. The molecule has 2 aromatic carbocycles. The van der Waals surface area contributed by atoms with E-state index in [1.54, 1.807) is 24.3 Å². The number of carbonyl (C=O) groups is 2. The fourth-order valence-corrected chi connectivity index (χ4v) is 2.84. The monoisotopic (exact) mass is 372 g/mol. The quantitative estimate of drug-likeness (QED) is 0.741. The summed E-state index contributed by atoms with van der Waals surface area (Å²) in [5.41, 5.74) is 2.33. The first-order chi connectivity index (χ1) is 12.4. The number of para-hydroxylation sites is 1. The van der Waals surface area contributed by atoms with Crippen molar-refractivity contribution in [3.8, 4) is 0 Å². The maximum Gasteiger partial charge on any atom is 0.251 e. The number of benzene rings is 2. The Kier molecular flexibility index (Phi) is 7.22. The first kappa shape index (κ1) is 20.0. The zero-order chi connectivity index (χ0) is 19.1. The molecular formula is C21H25ClN2O2. The summed E-state index contributed by atoms with van der Waals surface area (Å²) in [6.07, 6.45) is 1.38. The fourth-order valence-electron chi connectivity index (χ4n) is 2.72. The summed E-state index contributed by atoms with van der Waals surface area (Å²) in [6.45, 7) is 6.09. The van der Waals surface area contributed by atoms with Gasteiger partial charge in [-0.25, -0.2) is 0 Å².